The maximum Gasteiger partial charge on any atom is 0.261 e. The highest BCUT2D eigenvalue weighted by molar-refractivity contribution is 7.89. The third kappa shape index (κ3) is 3.69. The second kappa shape index (κ2) is 7.35. The number of nitrogens with one attached hydrogen (secondary N) is 1. The predicted molar refractivity (Wildman–Crippen MR) is 78.3 cm³/mol. The number of rotatable bonds is 5. The van der Waals surface area contributed by atoms with Crippen LogP contribution < -0.4 is 5.32 Å². The lowest BCUT2D eigenvalue weighted by atomic mass is 9.95. The Morgan fingerprint density at radius 3 is 2.55 bits per heavy atom. The fraction of sp³-hybridized carbons (Fsp3) is 0.818. The first-order valence-corrected chi connectivity index (χ1v) is 7.99. The van der Waals surface area contributed by atoms with Crippen molar-refractivity contribution in [1.82, 2.24) is 24.6 Å². The molecule has 2 rings (SSSR count). The molecule has 1 N–H and O–H groups in total. The summed E-state index contributed by atoms with van der Waals surface area (Å²) in [6.07, 6.45) is 4.26. The Bertz CT molecular complexity index is 511. The summed E-state index contributed by atoms with van der Waals surface area (Å²) >= 11 is 0. The highest BCUT2D eigenvalue weighted by Gasteiger charge is 2.31. The van der Waals surface area contributed by atoms with Gasteiger partial charge in [0, 0.05) is 20.1 Å². The summed E-state index contributed by atoms with van der Waals surface area (Å²) in [5.41, 5.74) is 0. The largest absolute Gasteiger partial charge is 0.320 e. The first-order valence-electron chi connectivity index (χ1n) is 6.55. The molecule has 0 unspecified atom stereocenters. The number of aromatic nitrogens is 3. The topological polar surface area (TPSA) is 80.1 Å². The molecule has 0 bridgehead atoms. The van der Waals surface area contributed by atoms with Crippen LogP contribution in [-0.2, 0) is 17.1 Å². The first kappa shape index (κ1) is 17.4. The van der Waals surface area contributed by atoms with E-state index in [1.807, 2.05) is 7.05 Å². The van der Waals surface area contributed by atoms with Gasteiger partial charge in [-0.2, -0.15) is 4.31 Å². The normalized spacial score (nSPS) is 17.9. The Kier molecular flexibility index (Phi) is 6.38. The van der Waals surface area contributed by atoms with E-state index in [4.69, 9.17) is 0 Å². The molecule has 1 fully saturated rings. The molecule has 0 atom stereocenters. The van der Waals surface area contributed by atoms with Crippen molar-refractivity contribution in [2.75, 3.05) is 26.7 Å². The molecular weight excluding hydrogens is 302 g/mol. The summed E-state index contributed by atoms with van der Waals surface area (Å²) < 4.78 is 27.7. The van der Waals surface area contributed by atoms with Gasteiger partial charge in [0.1, 0.15) is 0 Å². The number of halogens is 1. The van der Waals surface area contributed by atoms with Crippen molar-refractivity contribution in [1.29, 1.82) is 0 Å². The predicted octanol–water partition coefficient (Wildman–Crippen LogP) is 0.247. The zero-order valence-corrected chi connectivity index (χ0v) is 13.5. The summed E-state index contributed by atoms with van der Waals surface area (Å²) in [7, 11) is 0.0986. The molecule has 0 amide bonds. The van der Waals surface area contributed by atoms with Gasteiger partial charge in [0.05, 0.1) is 6.20 Å². The number of piperidine rings is 1. The van der Waals surface area contributed by atoms with Crippen molar-refractivity contribution in [3.8, 4) is 0 Å². The second-order valence-electron chi connectivity index (χ2n) is 4.94. The number of aryl methyl sites for hydroxylation is 1. The van der Waals surface area contributed by atoms with Crippen LogP contribution in [-0.4, -0.2) is 54.4 Å². The van der Waals surface area contributed by atoms with Crippen LogP contribution in [0, 0.1) is 5.92 Å². The van der Waals surface area contributed by atoms with Crippen molar-refractivity contribution in [2.24, 2.45) is 13.0 Å². The fourth-order valence-corrected chi connectivity index (χ4v) is 3.94. The van der Waals surface area contributed by atoms with Crippen LogP contribution in [0.1, 0.15) is 19.3 Å². The van der Waals surface area contributed by atoms with Crippen LogP contribution in [0.2, 0.25) is 0 Å². The van der Waals surface area contributed by atoms with E-state index in [1.54, 1.807) is 11.4 Å². The lowest BCUT2D eigenvalue weighted by Gasteiger charge is -2.30. The molecule has 9 heteroatoms. The molecule has 0 saturated carbocycles. The van der Waals surface area contributed by atoms with E-state index < -0.39 is 10.0 Å². The zero-order valence-electron chi connectivity index (χ0n) is 11.8. The third-order valence-corrected chi connectivity index (χ3v) is 5.60. The quantitative estimate of drug-likeness (QED) is 0.840. The van der Waals surface area contributed by atoms with Crippen molar-refractivity contribution < 1.29 is 8.42 Å². The molecule has 1 aliphatic rings. The van der Waals surface area contributed by atoms with E-state index in [9.17, 15) is 8.42 Å². The number of nitrogens with zero attached hydrogens (tertiary/aromatic N) is 4. The molecule has 7 nitrogen and oxygen atoms in total. The van der Waals surface area contributed by atoms with Crippen LogP contribution in [0.4, 0.5) is 0 Å². The fourth-order valence-electron chi connectivity index (χ4n) is 2.43. The van der Waals surface area contributed by atoms with E-state index in [2.05, 4.69) is 15.6 Å². The molecule has 0 radical (unpaired) electrons. The van der Waals surface area contributed by atoms with E-state index in [-0.39, 0.29) is 17.4 Å². The smallest absolute Gasteiger partial charge is 0.261 e. The van der Waals surface area contributed by atoms with Gasteiger partial charge in [-0.3, -0.25) is 0 Å². The number of sulfonamides is 1. The van der Waals surface area contributed by atoms with Gasteiger partial charge in [-0.05, 0) is 38.8 Å². The highest BCUT2D eigenvalue weighted by atomic mass is 35.5. The maximum absolute atomic E-state index is 12.4. The van der Waals surface area contributed by atoms with Gasteiger partial charge < -0.3 is 5.32 Å². The Balaban J connectivity index is 0.00000200. The Hall–Kier alpha value is -0.700. The average Bonchev–Trinajstić information content (AvgIpc) is 2.84. The standard InChI is InChI=1S/C11H21N5O2S.ClH/c1-12-6-3-10-4-7-16(8-5-10)19(17,18)11-9-13-14-15(11)2;/h9-10,12H,3-8H2,1-2H3;1H. The Morgan fingerprint density at radius 1 is 1.40 bits per heavy atom. The molecule has 1 saturated heterocycles. The van der Waals surface area contributed by atoms with Crippen LogP contribution in [0.25, 0.3) is 0 Å². The average molecular weight is 324 g/mol. The lowest BCUT2D eigenvalue weighted by molar-refractivity contribution is 0.262. The zero-order chi connectivity index (χ0) is 13.9. The third-order valence-electron chi connectivity index (χ3n) is 3.65. The van der Waals surface area contributed by atoms with Crippen molar-refractivity contribution in [3.05, 3.63) is 6.20 Å². The summed E-state index contributed by atoms with van der Waals surface area (Å²) in [5, 5.41) is 10.6. The van der Waals surface area contributed by atoms with E-state index in [0.29, 0.717) is 19.0 Å². The van der Waals surface area contributed by atoms with Crippen molar-refractivity contribution >= 4 is 22.4 Å². The Morgan fingerprint density at radius 2 is 2.05 bits per heavy atom. The molecule has 1 aromatic heterocycles. The van der Waals surface area contributed by atoms with Gasteiger partial charge >= 0.3 is 0 Å². The molecule has 0 spiro atoms. The molecule has 0 aliphatic carbocycles. The highest BCUT2D eigenvalue weighted by Crippen LogP contribution is 2.24. The minimum atomic E-state index is -3.44. The minimum absolute atomic E-state index is 0. The molecule has 1 aromatic rings. The molecule has 2 heterocycles. The van der Waals surface area contributed by atoms with Gasteiger partial charge in [-0.1, -0.05) is 5.21 Å². The molecule has 20 heavy (non-hydrogen) atoms. The molecular formula is C11H22ClN5O2S. The van der Waals surface area contributed by atoms with Crippen molar-refractivity contribution in [3.63, 3.8) is 0 Å². The van der Waals surface area contributed by atoms with E-state index in [1.165, 1.54) is 10.9 Å². The van der Waals surface area contributed by atoms with Crippen LogP contribution in [0.15, 0.2) is 11.2 Å². The van der Waals surface area contributed by atoms with Gasteiger partial charge in [0.15, 0.2) is 5.03 Å². The van der Waals surface area contributed by atoms with Crippen LogP contribution in [0.5, 0.6) is 0 Å². The minimum Gasteiger partial charge on any atom is -0.320 e. The summed E-state index contributed by atoms with van der Waals surface area (Å²) in [4.78, 5) is 0. The summed E-state index contributed by atoms with van der Waals surface area (Å²) in [6, 6.07) is 0. The number of hydrogen-bond donors (Lipinski definition) is 1. The van der Waals surface area contributed by atoms with Gasteiger partial charge in [0.25, 0.3) is 10.0 Å². The van der Waals surface area contributed by atoms with Gasteiger partial charge in [-0.15, -0.1) is 17.5 Å². The van der Waals surface area contributed by atoms with Crippen LogP contribution in [0.3, 0.4) is 0 Å². The Labute approximate surface area is 126 Å². The summed E-state index contributed by atoms with van der Waals surface area (Å²) in [6.45, 7) is 2.16. The van der Waals surface area contributed by atoms with Crippen molar-refractivity contribution in [2.45, 2.75) is 24.3 Å². The van der Waals surface area contributed by atoms with E-state index >= 15 is 0 Å². The number of hydrogen-bond acceptors (Lipinski definition) is 5. The van der Waals surface area contributed by atoms with Gasteiger partial charge in [0.2, 0.25) is 0 Å². The van der Waals surface area contributed by atoms with Crippen LogP contribution >= 0.6 is 12.4 Å². The molecule has 116 valence electrons. The van der Waals surface area contributed by atoms with E-state index in [0.717, 1.165) is 25.8 Å². The maximum atomic E-state index is 12.4. The first-order chi connectivity index (χ1) is 9.05. The monoisotopic (exact) mass is 323 g/mol. The summed E-state index contributed by atoms with van der Waals surface area (Å²) in [5.74, 6) is 0.614. The lowest BCUT2D eigenvalue weighted by Crippen LogP contribution is -2.39. The molecule has 1 aliphatic heterocycles. The van der Waals surface area contributed by atoms with Gasteiger partial charge in [-0.25, -0.2) is 13.1 Å². The second-order valence-corrected chi connectivity index (χ2v) is 6.82. The molecule has 0 aromatic carbocycles. The SMILES string of the molecule is CNCCC1CCN(S(=O)(=O)c2cnnn2C)CC1.Cl.